The number of phenols is 2. The van der Waals surface area contributed by atoms with Crippen LogP contribution in [0.2, 0.25) is 10.0 Å². The van der Waals surface area contributed by atoms with E-state index in [-0.39, 0.29) is 21.5 Å². The number of nitrogens with zero attached hydrogens (tertiary/aromatic N) is 1. The van der Waals surface area contributed by atoms with Crippen LogP contribution < -0.4 is 0 Å². The number of halogens is 2. The van der Waals surface area contributed by atoms with E-state index in [0.29, 0.717) is 6.04 Å². The lowest BCUT2D eigenvalue weighted by molar-refractivity contribution is -0.833. The SMILES string of the molecule is CC1C[N+]12Cc1c(Cl)c(O)c(O)c(Cl)c1C2. The molecular weight excluding hydrogens is 249 g/mol. The monoisotopic (exact) mass is 260 g/mol. The highest BCUT2D eigenvalue weighted by Crippen LogP contribution is 2.52. The molecule has 16 heavy (non-hydrogen) atoms. The molecule has 2 N–H and O–H groups in total. The number of phenolic OH excluding ortho intramolecular Hbond substituents is 2. The molecule has 86 valence electrons. The Kier molecular flexibility index (Phi) is 1.95. The van der Waals surface area contributed by atoms with Crippen LogP contribution in [-0.4, -0.2) is 27.3 Å². The van der Waals surface area contributed by atoms with Crippen LogP contribution in [0.1, 0.15) is 18.1 Å². The van der Waals surface area contributed by atoms with Crippen molar-refractivity contribution in [3.8, 4) is 11.5 Å². The smallest absolute Gasteiger partial charge is 0.178 e. The van der Waals surface area contributed by atoms with Gasteiger partial charge in [0, 0.05) is 11.1 Å². The summed E-state index contributed by atoms with van der Waals surface area (Å²) in [6.45, 7) is 4.92. The van der Waals surface area contributed by atoms with Gasteiger partial charge in [0.2, 0.25) is 0 Å². The summed E-state index contributed by atoms with van der Waals surface area (Å²) in [5, 5.41) is 19.8. The first-order valence-corrected chi connectivity index (χ1v) is 5.98. The van der Waals surface area contributed by atoms with E-state index in [9.17, 15) is 10.2 Å². The van der Waals surface area contributed by atoms with Gasteiger partial charge in [-0.1, -0.05) is 23.2 Å². The van der Waals surface area contributed by atoms with Crippen LogP contribution in [0.5, 0.6) is 11.5 Å². The summed E-state index contributed by atoms with van der Waals surface area (Å²) in [5.41, 5.74) is 1.79. The van der Waals surface area contributed by atoms with Gasteiger partial charge < -0.3 is 14.7 Å². The van der Waals surface area contributed by atoms with Crippen molar-refractivity contribution >= 4 is 23.2 Å². The Balaban J connectivity index is 2.18. The van der Waals surface area contributed by atoms with E-state index in [1.54, 1.807) is 0 Å². The Morgan fingerprint density at radius 1 is 1.06 bits per heavy atom. The Morgan fingerprint density at radius 2 is 1.44 bits per heavy atom. The molecule has 1 fully saturated rings. The molecule has 0 radical (unpaired) electrons. The predicted octanol–water partition coefficient (Wildman–Crippen LogP) is 2.64. The fourth-order valence-corrected chi connectivity index (χ4v) is 3.22. The number of benzene rings is 1. The van der Waals surface area contributed by atoms with Crippen LogP contribution >= 0.6 is 23.2 Å². The molecule has 2 aliphatic heterocycles. The summed E-state index contributed by atoms with van der Waals surface area (Å²) in [6.07, 6.45) is 0. The van der Waals surface area contributed by atoms with Crippen molar-refractivity contribution < 1.29 is 14.7 Å². The predicted molar refractivity (Wildman–Crippen MR) is 61.8 cm³/mol. The van der Waals surface area contributed by atoms with Crippen LogP contribution in [0.25, 0.3) is 0 Å². The molecule has 1 atom stereocenters. The summed E-state index contributed by atoms with van der Waals surface area (Å²) in [7, 11) is 0. The fraction of sp³-hybridized carbons (Fsp3) is 0.455. The van der Waals surface area contributed by atoms with Gasteiger partial charge in [0.15, 0.2) is 11.5 Å². The second-order valence-electron chi connectivity index (χ2n) is 4.85. The van der Waals surface area contributed by atoms with Crippen molar-refractivity contribution in [1.29, 1.82) is 0 Å². The second-order valence-corrected chi connectivity index (χ2v) is 5.60. The lowest BCUT2D eigenvalue weighted by Crippen LogP contribution is -2.19. The van der Waals surface area contributed by atoms with Gasteiger partial charge in [-0.15, -0.1) is 0 Å². The van der Waals surface area contributed by atoms with Crippen LogP contribution in [0.15, 0.2) is 0 Å². The molecule has 1 aromatic carbocycles. The molecule has 0 saturated carbocycles. The molecule has 3 rings (SSSR count). The van der Waals surface area contributed by atoms with Gasteiger partial charge in [-0.05, 0) is 6.92 Å². The maximum Gasteiger partial charge on any atom is 0.178 e. The first-order chi connectivity index (χ1) is 7.46. The Morgan fingerprint density at radius 3 is 1.75 bits per heavy atom. The minimum Gasteiger partial charge on any atom is -0.503 e. The van der Waals surface area contributed by atoms with E-state index in [1.807, 2.05) is 0 Å². The summed E-state index contributed by atoms with van der Waals surface area (Å²) >= 11 is 12.1. The number of hydrogen-bond acceptors (Lipinski definition) is 2. The van der Waals surface area contributed by atoms with E-state index in [2.05, 4.69) is 6.92 Å². The summed E-state index contributed by atoms with van der Waals surface area (Å²) < 4.78 is 0.956. The zero-order valence-electron chi connectivity index (χ0n) is 8.80. The van der Waals surface area contributed by atoms with Gasteiger partial charge in [-0.2, -0.15) is 0 Å². The normalized spacial score (nSPS) is 24.8. The highest BCUT2D eigenvalue weighted by molar-refractivity contribution is 6.36. The van der Waals surface area contributed by atoms with Gasteiger partial charge >= 0.3 is 0 Å². The molecule has 1 aromatic rings. The zero-order chi connectivity index (χ0) is 11.7. The number of rotatable bonds is 0. The standard InChI is InChI=1S/C11H11Cl2NO2/c1-5-2-14(5)3-6-7(4-14)9(13)11(16)10(15)8(6)12/h5H,2-4H2,1H3,(H-,15,16)/p+1. The van der Waals surface area contributed by atoms with Gasteiger partial charge in [-0.25, -0.2) is 0 Å². The number of aromatic hydroxyl groups is 2. The minimum absolute atomic E-state index is 0.256. The molecular formula is C11H12Cl2NO2+. The van der Waals surface area contributed by atoms with Crippen molar-refractivity contribution in [3.05, 3.63) is 21.2 Å². The average Bonchev–Trinajstić information content (AvgIpc) is 2.71. The van der Waals surface area contributed by atoms with Gasteiger partial charge in [0.25, 0.3) is 0 Å². The quantitative estimate of drug-likeness (QED) is 0.428. The van der Waals surface area contributed by atoms with Crippen molar-refractivity contribution in [1.82, 2.24) is 0 Å². The highest BCUT2D eigenvalue weighted by atomic mass is 35.5. The van der Waals surface area contributed by atoms with E-state index in [4.69, 9.17) is 23.2 Å². The number of quaternary nitrogens is 1. The summed E-state index contributed by atoms with van der Waals surface area (Å²) in [4.78, 5) is 0. The molecule has 0 amide bonds. The average molecular weight is 261 g/mol. The zero-order valence-corrected chi connectivity index (χ0v) is 10.3. The van der Waals surface area contributed by atoms with E-state index < -0.39 is 0 Å². The molecule has 1 unspecified atom stereocenters. The molecule has 2 aliphatic rings. The van der Waals surface area contributed by atoms with Crippen LogP contribution in [0.3, 0.4) is 0 Å². The first-order valence-electron chi connectivity index (χ1n) is 5.22. The third-order valence-corrected chi connectivity index (χ3v) is 4.72. The first kappa shape index (κ1) is 10.5. The van der Waals surface area contributed by atoms with E-state index >= 15 is 0 Å². The Hall–Kier alpha value is -0.640. The Bertz CT molecular complexity index is 464. The molecule has 1 saturated heterocycles. The Labute approximate surface area is 103 Å². The molecule has 5 heteroatoms. The maximum absolute atomic E-state index is 9.63. The molecule has 1 spiro atoms. The summed E-state index contributed by atoms with van der Waals surface area (Å²) in [5.74, 6) is -0.583. The maximum atomic E-state index is 9.63. The fourth-order valence-electron chi connectivity index (χ4n) is 2.69. The largest absolute Gasteiger partial charge is 0.503 e. The topological polar surface area (TPSA) is 40.5 Å². The van der Waals surface area contributed by atoms with Gasteiger partial charge in [0.1, 0.15) is 25.7 Å². The van der Waals surface area contributed by atoms with Gasteiger partial charge in [-0.3, -0.25) is 0 Å². The number of hydrogen-bond donors (Lipinski definition) is 2. The van der Waals surface area contributed by atoms with Crippen LogP contribution in [-0.2, 0) is 13.1 Å². The van der Waals surface area contributed by atoms with Crippen molar-refractivity contribution in [2.75, 3.05) is 6.54 Å². The lowest BCUT2D eigenvalue weighted by atomic mass is 10.1. The second kappa shape index (κ2) is 2.97. The van der Waals surface area contributed by atoms with Crippen LogP contribution in [0, 0.1) is 0 Å². The van der Waals surface area contributed by atoms with Crippen molar-refractivity contribution in [3.63, 3.8) is 0 Å². The van der Waals surface area contributed by atoms with Gasteiger partial charge in [0.05, 0.1) is 10.0 Å². The third-order valence-electron chi connectivity index (χ3n) is 3.91. The highest BCUT2D eigenvalue weighted by Gasteiger charge is 2.56. The molecule has 0 aromatic heterocycles. The van der Waals surface area contributed by atoms with Crippen LogP contribution in [0.4, 0.5) is 0 Å². The third kappa shape index (κ3) is 1.14. The molecule has 0 aliphatic carbocycles. The van der Waals surface area contributed by atoms with Crippen molar-refractivity contribution in [2.24, 2.45) is 0 Å². The number of fused-ring (bicyclic) bond motifs is 1. The van der Waals surface area contributed by atoms with E-state index in [0.717, 1.165) is 35.2 Å². The lowest BCUT2D eigenvalue weighted by Gasteiger charge is -2.10. The van der Waals surface area contributed by atoms with Crippen molar-refractivity contribution in [2.45, 2.75) is 26.1 Å². The molecule has 3 nitrogen and oxygen atoms in total. The minimum atomic E-state index is -0.292. The summed E-state index contributed by atoms with van der Waals surface area (Å²) in [6, 6.07) is 0.615. The molecule has 0 bridgehead atoms. The molecule has 2 heterocycles. The van der Waals surface area contributed by atoms with E-state index in [1.165, 1.54) is 0 Å².